The number of likely N-dealkylation sites (N-methyl/N-ethyl adjacent to an activating group) is 1. The average molecular weight is 566 g/mol. The lowest BCUT2D eigenvalue weighted by Gasteiger charge is -2.32. The van der Waals surface area contributed by atoms with E-state index in [1.165, 1.54) is 16.7 Å². The van der Waals surface area contributed by atoms with Crippen molar-refractivity contribution < 1.29 is 4.74 Å². The zero-order valence-electron chi connectivity index (χ0n) is 20.3. The van der Waals surface area contributed by atoms with Gasteiger partial charge in [0.05, 0.1) is 13.2 Å². The molecular formula is C26H40IN5O. The Balaban J connectivity index is 0.00000385. The molecule has 7 heteroatoms. The molecule has 6 nitrogen and oxygen atoms in total. The third-order valence-corrected chi connectivity index (χ3v) is 5.84. The molecule has 1 aliphatic rings. The highest BCUT2D eigenvalue weighted by Gasteiger charge is 2.13. The molecule has 0 radical (unpaired) electrons. The van der Waals surface area contributed by atoms with Crippen LogP contribution in [0.4, 0.5) is 0 Å². The summed E-state index contributed by atoms with van der Waals surface area (Å²) in [4.78, 5) is 9.27. The number of halogens is 1. The first-order valence-corrected chi connectivity index (χ1v) is 11.7. The van der Waals surface area contributed by atoms with Gasteiger partial charge in [0.15, 0.2) is 5.96 Å². The second-order valence-corrected chi connectivity index (χ2v) is 8.81. The molecule has 1 unspecified atom stereocenters. The SMILES string of the molecule is CN=C(NCc1ccc(CN2CCN(C)CC2)cc1)NCC(C)COCc1ccccc1.I. The van der Waals surface area contributed by atoms with Crippen molar-refractivity contribution in [2.24, 2.45) is 10.9 Å². The monoisotopic (exact) mass is 565 g/mol. The van der Waals surface area contributed by atoms with Gasteiger partial charge in [0.2, 0.25) is 0 Å². The van der Waals surface area contributed by atoms with E-state index in [-0.39, 0.29) is 24.0 Å². The summed E-state index contributed by atoms with van der Waals surface area (Å²) < 4.78 is 5.84. The van der Waals surface area contributed by atoms with E-state index in [4.69, 9.17) is 4.74 Å². The number of piperazine rings is 1. The van der Waals surface area contributed by atoms with E-state index >= 15 is 0 Å². The maximum absolute atomic E-state index is 5.84. The van der Waals surface area contributed by atoms with Crippen LogP contribution >= 0.6 is 24.0 Å². The summed E-state index contributed by atoms with van der Waals surface area (Å²) in [5.74, 6) is 1.22. The Labute approximate surface area is 216 Å². The summed E-state index contributed by atoms with van der Waals surface area (Å²) in [6.45, 7) is 10.8. The third kappa shape index (κ3) is 10.4. The number of aliphatic imine (C=N–C) groups is 1. The van der Waals surface area contributed by atoms with Crippen molar-refractivity contribution >= 4 is 29.9 Å². The predicted molar refractivity (Wildman–Crippen MR) is 148 cm³/mol. The minimum atomic E-state index is 0. The van der Waals surface area contributed by atoms with Gasteiger partial charge in [0.1, 0.15) is 0 Å². The quantitative estimate of drug-likeness (QED) is 0.262. The van der Waals surface area contributed by atoms with Gasteiger partial charge >= 0.3 is 0 Å². The summed E-state index contributed by atoms with van der Waals surface area (Å²) in [5.41, 5.74) is 3.85. The largest absolute Gasteiger partial charge is 0.376 e. The number of nitrogens with zero attached hydrogens (tertiary/aromatic N) is 3. The average Bonchev–Trinajstić information content (AvgIpc) is 2.82. The molecule has 182 valence electrons. The molecule has 2 aromatic carbocycles. The first-order valence-electron chi connectivity index (χ1n) is 11.7. The van der Waals surface area contributed by atoms with Crippen LogP contribution in [0.2, 0.25) is 0 Å². The van der Waals surface area contributed by atoms with Gasteiger partial charge < -0.3 is 20.3 Å². The van der Waals surface area contributed by atoms with E-state index in [9.17, 15) is 0 Å². The Kier molecular flexibility index (Phi) is 12.8. The van der Waals surface area contributed by atoms with E-state index in [0.29, 0.717) is 19.1 Å². The summed E-state index contributed by atoms with van der Waals surface area (Å²) in [7, 11) is 4.01. The van der Waals surface area contributed by atoms with Crippen LogP contribution in [-0.4, -0.2) is 69.2 Å². The molecule has 2 N–H and O–H groups in total. The van der Waals surface area contributed by atoms with Crippen LogP contribution in [-0.2, 0) is 24.4 Å². The lowest BCUT2D eigenvalue weighted by Crippen LogP contribution is -2.43. The molecule has 3 rings (SSSR count). The molecule has 0 bridgehead atoms. The first kappa shape index (κ1) is 27.6. The third-order valence-electron chi connectivity index (χ3n) is 5.84. The maximum atomic E-state index is 5.84. The van der Waals surface area contributed by atoms with Gasteiger partial charge in [0, 0.05) is 52.9 Å². The van der Waals surface area contributed by atoms with Gasteiger partial charge in [-0.2, -0.15) is 0 Å². The molecule has 0 spiro atoms. The molecule has 0 aromatic heterocycles. The number of hydrogen-bond acceptors (Lipinski definition) is 4. The van der Waals surface area contributed by atoms with Crippen LogP contribution in [0.15, 0.2) is 59.6 Å². The molecule has 1 saturated heterocycles. The van der Waals surface area contributed by atoms with Gasteiger partial charge in [-0.05, 0) is 29.7 Å². The summed E-state index contributed by atoms with van der Waals surface area (Å²) in [6.07, 6.45) is 0. The van der Waals surface area contributed by atoms with E-state index < -0.39 is 0 Å². The topological polar surface area (TPSA) is 52.1 Å². The number of nitrogens with one attached hydrogen (secondary N) is 2. The van der Waals surface area contributed by atoms with Gasteiger partial charge in [-0.25, -0.2) is 0 Å². The zero-order valence-corrected chi connectivity index (χ0v) is 22.6. The second kappa shape index (κ2) is 15.3. The summed E-state index contributed by atoms with van der Waals surface area (Å²) >= 11 is 0. The van der Waals surface area contributed by atoms with Crippen LogP contribution < -0.4 is 10.6 Å². The predicted octanol–water partition coefficient (Wildman–Crippen LogP) is 3.57. The van der Waals surface area contributed by atoms with Crippen LogP contribution in [0.3, 0.4) is 0 Å². The highest BCUT2D eigenvalue weighted by molar-refractivity contribution is 14.0. The standard InChI is InChI=1S/C26H39N5O.HI/c1-22(20-32-21-25-7-5-4-6-8-25)17-28-26(27-2)29-18-23-9-11-24(12-10-23)19-31-15-13-30(3)14-16-31;/h4-12,22H,13-21H2,1-3H3,(H2,27,28,29);1H. The van der Waals surface area contributed by atoms with E-state index in [1.807, 2.05) is 25.2 Å². The lowest BCUT2D eigenvalue weighted by atomic mass is 10.1. The van der Waals surface area contributed by atoms with Crippen LogP contribution in [0.5, 0.6) is 0 Å². The fourth-order valence-electron chi connectivity index (χ4n) is 3.72. The Bertz CT molecular complexity index is 807. The highest BCUT2D eigenvalue weighted by atomic mass is 127. The molecule has 0 saturated carbocycles. The Morgan fingerprint density at radius 1 is 0.939 bits per heavy atom. The van der Waals surface area contributed by atoms with Crippen LogP contribution in [0.25, 0.3) is 0 Å². The van der Waals surface area contributed by atoms with Gasteiger partial charge in [-0.3, -0.25) is 9.89 Å². The molecule has 1 atom stereocenters. The number of hydrogen-bond donors (Lipinski definition) is 2. The molecule has 1 aliphatic heterocycles. The highest BCUT2D eigenvalue weighted by Crippen LogP contribution is 2.10. The first-order chi connectivity index (χ1) is 15.6. The Morgan fingerprint density at radius 3 is 2.27 bits per heavy atom. The molecule has 1 heterocycles. The number of ether oxygens (including phenoxy) is 1. The minimum absolute atomic E-state index is 0. The van der Waals surface area contributed by atoms with Gasteiger partial charge in [-0.15, -0.1) is 24.0 Å². The number of benzene rings is 2. The van der Waals surface area contributed by atoms with E-state index in [1.54, 1.807) is 0 Å². The Hall–Kier alpha value is -1.68. The fraction of sp³-hybridized carbons (Fsp3) is 0.500. The van der Waals surface area contributed by atoms with Crippen LogP contribution in [0.1, 0.15) is 23.6 Å². The molecule has 1 fully saturated rings. The van der Waals surface area contributed by atoms with E-state index in [2.05, 4.69) is 75.8 Å². The second-order valence-electron chi connectivity index (χ2n) is 8.81. The van der Waals surface area contributed by atoms with Crippen molar-refractivity contribution in [1.29, 1.82) is 0 Å². The number of guanidine groups is 1. The molecule has 0 aliphatic carbocycles. The lowest BCUT2D eigenvalue weighted by molar-refractivity contribution is 0.0931. The smallest absolute Gasteiger partial charge is 0.191 e. The van der Waals surface area contributed by atoms with Crippen LogP contribution in [0, 0.1) is 5.92 Å². The van der Waals surface area contributed by atoms with Gasteiger partial charge in [0.25, 0.3) is 0 Å². The zero-order chi connectivity index (χ0) is 22.6. The van der Waals surface area contributed by atoms with Gasteiger partial charge in [-0.1, -0.05) is 61.5 Å². The van der Waals surface area contributed by atoms with Crippen molar-refractivity contribution in [2.75, 3.05) is 53.4 Å². The molecular weight excluding hydrogens is 525 g/mol. The summed E-state index contributed by atoms with van der Waals surface area (Å²) in [5, 5.41) is 6.82. The number of rotatable bonds is 10. The summed E-state index contributed by atoms with van der Waals surface area (Å²) in [6, 6.07) is 19.2. The van der Waals surface area contributed by atoms with E-state index in [0.717, 1.165) is 51.8 Å². The normalized spacial score (nSPS) is 16.2. The molecule has 0 amide bonds. The van der Waals surface area contributed by atoms with Crippen molar-refractivity contribution in [3.63, 3.8) is 0 Å². The Morgan fingerprint density at radius 2 is 1.61 bits per heavy atom. The minimum Gasteiger partial charge on any atom is -0.376 e. The maximum Gasteiger partial charge on any atom is 0.191 e. The van der Waals surface area contributed by atoms with Crippen molar-refractivity contribution in [3.05, 3.63) is 71.3 Å². The van der Waals surface area contributed by atoms with Crippen molar-refractivity contribution in [1.82, 2.24) is 20.4 Å². The van der Waals surface area contributed by atoms with Crippen molar-refractivity contribution in [3.8, 4) is 0 Å². The van der Waals surface area contributed by atoms with Crippen molar-refractivity contribution in [2.45, 2.75) is 26.6 Å². The molecule has 33 heavy (non-hydrogen) atoms. The fourth-order valence-corrected chi connectivity index (χ4v) is 3.72. The molecule has 2 aromatic rings.